The first-order valence-electron chi connectivity index (χ1n) is 9.87. The molecule has 2 nitrogen and oxygen atoms in total. The summed E-state index contributed by atoms with van der Waals surface area (Å²) in [6, 6.07) is 21.0. The van der Waals surface area contributed by atoms with E-state index in [1.807, 2.05) is 0 Å². The van der Waals surface area contributed by atoms with Gasteiger partial charge < -0.3 is 8.85 Å². The van der Waals surface area contributed by atoms with Crippen molar-refractivity contribution in [1.29, 1.82) is 0 Å². The van der Waals surface area contributed by atoms with Gasteiger partial charge in [-0.1, -0.05) is 99.5 Å². The van der Waals surface area contributed by atoms with Gasteiger partial charge in [0, 0.05) is 13.2 Å². The van der Waals surface area contributed by atoms with E-state index in [1.165, 1.54) is 23.2 Å². The predicted octanol–water partition coefficient (Wildman–Crippen LogP) is 4.82. The maximum atomic E-state index is 6.60. The third-order valence-electron chi connectivity index (χ3n) is 4.35. The van der Waals surface area contributed by atoms with Crippen LogP contribution in [0.5, 0.6) is 0 Å². The summed E-state index contributed by atoms with van der Waals surface area (Å²) in [5.74, 6) is 0. The zero-order valence-electron chi connectivity index (χ0n) is 16.2. The van der Waals surface area contributed by atoms with Crippen molar-refractivity contribution >= 4 is 18.9 Å². The number of hydrogen-bond donors (Lipinski definition) is 0. The Morgan fingerprint density at radius 1 is 0.731 bits per heavy atom. The average Bonchev–Trinajstić information content (AvgIpc) is 2.71. The Labute approximate surface area is 160 Å². The lowest BCUT2D eigenvalue weighted by molar-refractivity contribution is 0.190. The minimum absolute atomic E-state index is 0.681. The van der Waals surface area contributed by atoms with Crippen LogP contribution in [0, 0.1) is 0 Å². The Morgan fingerprint density at radius 2 is 1.31 bits per heavy atom. The minimum Gasteiger partial charge on any atom is -0.388 e. The number of unbranched alkanes of at least 4 members (excludes halogenated alkanes) is 2. The maximum absolute atomic E-state index is 6.60. The van der Waals surface area contributed by atoms with Gasteiger partial charge in [-0.25, -0.2) is 0 Å². The van der Waals surface area contributed by atoms with Crippen LogP contribution in [0.25, 0.3) is 0 Å². The minimum atomic E-state index is -2.69. The lowest BCUT2D eigenvalue weighted by atomic mass is 10.3. The van der Waals surface area contributed by atoms with Gasteiger partial charge in [0.1, 0.15) is 0 Å². The van der Waals surface area contributed by atoms with Crippen molar-refractivity contribution in [3.8, 4) is 0 Å². The van der Waals surface area contributed by atoms with Gasteiger partial charge in [0.05, 0.1) is 0 Å². The third-order valence-corrected chi connectivity index (χ3v) is 7.76. The van der Waals surface area contributed by atoms with Crippen LogP contribution in [0.4, 0.5) is 0 Å². The van der Waals surface area contributed by atoms with E-state index in [4.69, 9.17) is 8.85 Å². The summed E-state index contributed by atoms with van der Waals surface area (Å²) in [4.78, 5) is 0. The molecule has 0 fully saturated rings. The lowest BCUT2D eigenvalue weighted by Gasteiger charge is -2.31. The fourth-order valence-corrected chi connectivity index (χ4v) is 6.16. The molecule has 0 saturated heterocycles. The molecule has 0 N–H and O–H groups in total. The van der Waals surface area contributed by atoms with E-state index >= 15 is 0 Å². The molecule has 0 unspecified atom stereocenters. The van der Waals surface area contributed by atoms with Crippen molar-refractivity contribution in [2.24, 2.45) is 0 Å². The molecule has 2 aromatic carbocycles. The van der Waals surface area contributed by atoms with E-state index in [-0.39, 0.29) is 0 Å². The molecule has 2 rings (SSSR count). The van der Waals surface area contributed by atoms with Gasteiger partial charge in [-0.3, -0.25) is 0 Å². The summed E-state index contributed by atoms with van der Waals surface area (Å²) in [5, 5.41) is 2.37. The molecule has 0 aliphatic carbocycles. The second-order valence-electron chi connectivity index (χ2n) is 6.42. The molecular weight excluding hydrogens is 336 g/mol. The van der Waals surface area contributed by atoms with E-state index < -0.39 is 8.56 Å². The predicted molar refractivity (Wildman–Crippen MR) is 113 cm³/mol. The summed E-state index contributed by atoms with van der Waals surface area (Å²) in [7, 11) is -2.69. The molecule has 0 spiro atoms. The number of benzene rings is 2. The molecule has 0 atom stereocenters. The van der Waals surface area contributed by atoms with Crippen molar-refractivity contribution in [1.82, 2.24) is 0 Å². The smallest absolute Gasteiger partial charge is 0.388 e. The standard InChI is InChI=1S/C23H32O2Si/c1-3-5-7-15-21-25-26(24-20-14-6-4-2,22-16-10-8-11-17-22)23-18-12-9-13-19-23/h5,7-13,16-19H,3-4,6,14-15,20-21H2,1-2H3/b7-5-. The molecule has 26 heavy (non-hydrogen) atoms. The number of hydrogen-bond acceptors (Lipinski definition) is 2. The summed E-state index contributed by atoms with van der Waals surface area (Å²) >= 11 is 0. The monoisotopic (exact) mass is 368 g/mol. The van der Waals surface area contributed by atoms with E-state index in [9.17, 15) is 0 Å². The summed E-state index contributed by atoms with van der Waals surface area (Å²) in [6.45, 7) is 5.80. The molecule has 0 bridgehead atoms. The fraction of sp³-hybridized carbons (Fsp3) is 0.391. The van der Waals surface area contributed by atoms with Crippen LogP contribution in [0.1, 0.15) is 46.0 Å². The summed E-state index contributed by atoms with van der Waals surface area (Å²) < 4.78 is 13.2. The van der Waals surface area contributed by atoms with Gasteiger partial charge in [0.2, 0.25) is 0 Å². The maximum Gasteiger partial charge on any atom is 0.407 e. The van der Waals surface area contributed by atoms with Gasteiger partial charge in [0.25, 0.3) is 0 Å². The molecule has 0 heterocycles. The second kappa shape index (κ2) is 11.8. The molecular formula is C23H32O2Si. The molecule has 0 aromatic heterocycles. The quantitative estimate of drug-likeness (QED) is 0.304. The van der Waals surface area contributed by atoms with Crippen LogP contribution < -0.4 is 10.4 Å². The highest BCUT2D eigenvalue weighted by molar-refractivity contribution is 6.92. The summed E-state index contributed by atoms with van der Waals surface area (Å²) in [5.41, 5.74) is 0. The van der Waals surface area contributed by atoms with E-state index in [0.29, 0.717) is 6.61 Å². The summed E-state index contributed by atoms with van der Waals surface area (Å²) in [6.07, 6.45) is 9.83. The fourth-order valence-electron chi connectivity index (χ4n) is 2.98. The van der Waals surface area contributed by atoms with Crippen molar-refractivity contribution in [2.75, 3.05) is 13.2 Å². The van der Waals surface area contributed by atoms with Crippen LogP contribution in [0.15, 0.2) is 72.8 Å². The van der Waals surface area contributed by atoms with E-state index in [0.717, 1.165) is 25.9 Å². The van der Waals surface area contributed by atoms with Gasteiger partial charge in [-0.15, -0.1) is 0 Å². The van der Waals surface area contributed by atoms with Crippen LogP contribution in [-0.2, 0) is 8.85 Å². The van der Waals surface area contributed by atoms with Crippen molar-refractivity contribution in [3.63, 3.8) is 0 Å². The highest BCUT2D eigenvalue weighted by Gasteiger charge is 2.42. The topological polar surface area (TPSA) is 18.5 Å². The zero-order valence-corrected chi connectivity index (χ0v) is 17.2. The first kappa shape index (κ1) is 20.6. The van der Waals surface area contributed by atoms with E-state index in [1.54, 1.807) is 0 Å². The molecule has 140 valence electrons. The van der Waals surface area contributed by atoms with Crippen LogP contribution in [-0.4, -0.2) is 21.8 Å². The highest BCUT2D eigenvalue weighted by atomic mass is 28.4. The first-order valence-corrected chi connectivity index (χ1v) is 11.7. The zero-order chi connectivity index (χ0) is 18.5. The Bertz CT molecular complexity index is 586. The molecule has 0 aliphatic rings. The van der Waals surface area contributed by atoms with Gasteiger partial charge in [-0.2, -0.15) is 0 Å². The highest BCUT2D eigenvalue weighted by Crippen LogP contribution is 2.12. The Balaban J connectivity index is 2.29. The third kappa shape index (κ3) is 5.94. The van der Waals surface area contributed by atoms with Gasteiger partial charge in [-0.05, 0) is 29.6 Å². The molecule has 0 amide bonds. The van der Waals surface area contributed by atoms with Gasteiger partial charge >= 0.3 is 8.56 Å². The normalized spacial score (nSPS) is 11.9. The molecule has 2 aromatic rings. The Hall–Kier alpha value is -1.68. The number of rotatable bonds is 12. The van der Waals surface area contributed by atoms with Crippen LogP contribution >= 0.6 is 0 Å². The SMILES string of the molecule is CC/C=C\CCO[Si](OCCCCC)(c1ccccc1)c1ccccc1. The van der Waals surface area contributed by atoms with E-state index in [2.05, 4.69) is 86.7 Å². The Kier molecular flexibility index (Phi) is 9.39. The van der Waals surface area contributed by atoms with Crippen molar-refractivity contribution < 1.29 is 8.85 Å². The largest absolute Gasteiger partial charge is 0.407 e. The molecule has 0 saturated carbocycles. The van der Waals surface area contributed by atoms with Crippen LogP contribution in [0.2, 0.25) is 0 Å². The average molecular weight is 369 g/mol. The molecule has 0 radical (unpaired) electrons. The molecule has 0 aliphatic heterocycles. The molecule has 3 heteroatoms. The Morgan fingerprint density at radius 3 is 1.85 bits per heavy atom. The van der Waals surface area contributed by atoms with Crippen molar-refractivity contribution in [2.45, 2.75) is 46.0 Å². The lowest BCUT2D eigenvalue weighted by Crippen LogP contribution is -2.63. The second-order valence-corrected chi connectivity index (χ2v) is 9.39. The number of allylic oxidation sites excluding steroid dienone is 1. The van der Waals surface area contributed by atoms with Crippen LogP contribution in [0.3, 0.4) is 0 Å². The van der Waals surface area contributed by atoms with Gasteiger partial charge in [0.15, 0.2) is 0 Å². The first-order chi connectivity index (χ1) is 12.8. The van der Waals surface area contributed by atoms with Crippen molar-refractivity contribution in [3.05, 3.63) is 72.8 Å².